The maximum Gasteiger partial charge on any atom is 0.189 e. The third-order valence-electron chi connectivity index (χ3n) is 2.31. The summed E-state index contributed by atoms with van der Waals surface area (Å²) >= 11 is 0. The molecule has 0 saturated carbocycles. The first kappa shape index (κ1) is 9.63. The molecule has 74 valence electrons. The van der Waals surface area contributed by atoms with Gasteiger partial charge in [0.05, 0.1) is 17.3 Å². The van der Waals surface area contributed by atoms with Crippen LogP contribution in [0, 0.1) is 18.3 Å². The van der Waals surface area contributed by atoms with Gasteiger partial charge in [0.15, 0.2) is 5.78 Å². The summed E-state index contributed by atoms with van der Waals surface area (Å²) in [6.07, 6.45) is 12.1. The number of carbonyl (C=O) groups excluding carboxylic acids is 1. The van der Waals surface area contributed by atoms with Gasteiger partial charge in [-0.15, -0.1) is 6.42 Å². The van der Waals surface area contributed by atoms with E-state index < -0.39 is 0 Å². The Hall–Kier alpha value is -1.92. The number of aliphatic imine (C=N–C) groups is 1. The van der Waals surface area contributed by atoms with E-state index in [1.165, 1.54) is 6.08 Å². The van der Waals surface area contributed by atoms with Crippen LogP contribution in [-0.2, 0) is 4.79 Å². The molecule has 3 nitrogen and oxygen atoms in total. The quantitative estimate of drug-likeness (QED) is 0.627. The topological polar surface area (TPSA) is 55.4 Å². The summed E-state index contributed by atoms with van der Waals surface area (Å²) < 4.78 is 0. The van der Waals surface area contributed by atoms with Crippen LogP contribution in [0.1, 0.15) is 0 Å². The maximum atomic E-state index is 11.7. The zero-order chi connectivity index (χ0) is 10.8. The van der Waals surface area contributed by atoms with Crippen molar-refractivity contribution in [3.63, 3.8) is 0 Å². The van der Waals surface area contributed by atoms with Crippen LogP contribution < -0.4 is 5.73 Å². The SMILES string of the molecule is C#CC1C=CC2=NC(CN)=CC(=O)C2=C1. The Labute approximate surface area is 88.1 Å². The molecular formula is C12H10N2O. The number of hydrogen-bond donors (Lipinski definition) is 1. The van der Waals surface area contributed by atoms with Crippen LogP contribution in [0.2, 0.25) is 0 Å². The van der Waals surface area contributed by atoms with Gasteiger partial charge in [0.25, 0.3) is 0 Å². The third kappa shape index (κ3) is 1.67. The van der Waals surface area contributed by atoms with Crippen molar-refractivity contribution in [3.05, 3.63) is 35.6 Å². The third-order valence-corrected chi connectivity index (χ3v) is 2.31. The zero-order valence-corrected chi connectivity index (χ0v) is 8.10. The molecule has 2 aliphatic rings. The van der Waals surface area contributed by atoms with Gasteiger partial charge < -0.3 is 5.73 Å². The standard InChI is InChI=1S/C12H10N2O/c1-2-8-3-4-11-10(5-8)12(15)6-9(7-13)14-11/h1,3-6,8H,7,13H2. The molecule has 0 saturated heterocycles. The molecule has 1 heterocycles. The lowest BCUT2D eigenvalue weighted by Gasteiger charge is -2.16. The normalized spacial score (nSPS) is 23.6. The Morgan fingerprint density at radius 3 is 3.07 bits per heavy atom. The Morgan fingerprint density at radius 1 is 1.60 bits per heavy atom. The number of fused-ring (bicyclic) bond motifs is 1. The van der Waals surface area contributed by atoms with Crippen molar-refractivity contribution in [2.45, 2.75) is 0 Å². The average molecular weight is 198 g/mol. The lowest BCUT2D eigenvalue weighted by atomic mass is 9.91. The van der Waals surface area contributed by atoms with Crippen LogP contribution >= 0.6 is 0 Å². The molecule has 1 aliphatic carbocycles. The van der Waals surface area contributed by atoms with Crippen LogP contribution in [0.3, 0.4) is 0 Å². The van der Waals surface area contributed by atoms with Gasteiger partial charge in [-0.05, 0) is 6.08 Å². The number of nitrogens with two attached hydrogens (primary N) is 1. The predicted molar refractivity (Wildman–Crippen MR) is 59.1 cm³/mol. The predicted octanol–water partition coefficient (Wildman–Crippen LogP) is 0.598. The van der Waals surface area contributed by atoms with Crippen LogP contribution in [-0.4, -0.2) is 18.0 Å². The highest BCUT2D eigenvalue weighted by Gasteiger charge is 2.21. The van der Waals surface area contributed by atoms with Crippen molar-refractivity contribution < 1.29 is 4.79 Å². The lowest BCUT2D eigenvalue weighted by Crippen LogP contribution is -2.20. The fourth-order valence-electron chi connectivity index (χ4n) is 1.54. The molecule has 0 aromatic carbocycles. The number of terminal acetylenes is 1. The number of carbonyl (C=O) groups is 1. The number of nitrogens with zero attached hydrogens (tertiary/aromatic N) is 1. The van der Waals surface area contributed by atoms with Crippen molar-refractivity contribution in [1.29, 1.82) is 0 Å². The van der Waals surface area contributed by atoms with Gasteiger partial charge in [0.2, 0.25) is 0 Å². The van der Waals surface area contributed by atoms with Gasteiger partial charge in [-0.25, -0.2) is 0 Å². The van der Waals surface area contributed by atoms with E-state index in [0.29, 0.717) is 17.0 Å². The summed E-state index contributed by atoms with van der Waals surface area (Å²) in [5.41, 5.74) is 7.29. The van der Waals surface area contributed by atoms with E-state index in [1.54, 1.807) is 12.2 Å². The zero-order valence-electron chi connectivity index (χ0n) is 8.10. The Morgan fingerprint density at radius 2 is 2.40 bits per heavy atom. The van der Waals surface area contributed by atoms with Gasteiger partial charge in [0, 0.05) is 18.2 Å². The van der Waals surface area contributed by atoms with Crippen LogP contribution in [0.4, 0.5) is 0 Å². The summed E-state index contributed by atoms with van der Waals surface area (Å²) in [6.45, 7) is 0.273. The highest BCUT2D eigenvalue weighted by atomic mass is 16.1. The molecule has 0 aromatic rings. The first-order valence-electron chi connectivity index (χ1n) is 4.65. The van der Waals surface area contributed by atoms with Gasteiger partial charge in [-0.3, -0.25) is 9.79 Å². The van der Waals surface area contributed by atoms with E-state index in [-0.39, 0.29) is 18.2 Å². The van der Waals surface area contributed by atoms with E-state index in [0.717, 1.165) is 0 Å². The number of rotatable bonds is 1. The smallest absolute Gasteiger partial charge is 0.189 e. The first-order valence-corrected chi connectivity index (χ1v) is 4.65. The molecule has 3 heteroatoms. The van der Waals surface area contributed by atoms with Crippen molar-refractivity contribution in [2.24, 2.45) is 16.6 Å². The largest absolute Gasteiger partial charge is 0.325 e. The lowest BCUT2D eigenvalue weighted by molar-refractivity contribution is -0.111. The van der Waals surface area contributed by atoms with E-state index in [1.807, 2.05) is 6.08 Å². The van der Waals surface area contributed by atoms with E-state index in [4.69, 9.17) is 12.2 Å². The summed E-state index contributed by atoms with van der Waals surface area (Å²) in [4.78, 5) is 15.9. The molecule has 0 aromatic heterocycles. The summed E-state index contributed by atoms with van der Waals surface area (Å²) in [7, 11) is 0. The molecule has 0 bridgehead atoms. The molecule has 2 rings (SSSR count). The monoisotopic (exact) mass is 198 g/mol. The second-order valence-electron chi connectivity index (χ2n) is 3.33. The minimum atomic E-state index is -0.115. The molecule has 2 N–H and O–H groups in total. The van der Waals surface area contributed by atoms with E-state index in [2.05, 4.69) is 10.9 Å². The number of allylic oxidation sites excluding steroid dienone is 5. The van der Waals surface area contributed by atoms with Gasteiger partial charge >= 0.3 is 0 Å². The summed E-state index contributed by atoms with van der Waals surface area (Å²) in [5.74, 6) is 2.39. The summed E-state index contributed by atoms with van der Waals surface area (Å²) in [5, 5.41) is 0. The minimum Gasteiger partial charge on any atom is -0.325 e. The summed E-state index contributed by atoms with van der Waals surface area (Å²) in [6, 6.07) is 0. The van der Waals surface area contributed by atoms with Crippen molar-refractivity contribution in [3.8, 4) is 12.3 Å². The highest BCUT2D eigenvalue weighted by molar-refractivity contribution is 6.31. The number of ketones is 1. The van der Waals surface area contributed by atoms with Gasteiger partial charge in [-0.2, -0.15) is 0 Å². The fourth-order valence-corrected chi connectivity index (χ4v) is 1.54. The van der Waals surface area contributed by atoms with Gasteiger partial charge in [0.1, 0.15) is 0 Å². The van der Waals surface area contributed by atoms with Crippen molar-refractivity contribution in [1.82, 2.24) is 0 Å². The Kier molecular flexibility index (Phi) is 2.36. The first-order chi connectivity index (χ1) is 7.24. The Balaban J connectivity index is 2.42. The second kappa shape index (κ2) is 3.68. The molecule has 15 heavy (non-hydrogen) atoms. The van der Waals surface area contributed by atoms with Gasteiger partial charge in [-0.1, -0.05) is 18.1 Å². The number of hydrogen-bond acceptors (Lipinski definition) is 3. The molecule has 1 unspecified atom stereocenters. The molecule has 1 aliphatic heterocycles. The van der Waals surface area contributed by atoms with E-state index >= 15 is 0 Å². The second-order valence-corrected chi connectivity index (χ2v) is 3.33. The fraction of sp³-hybridized carbons (Fsp3) is 0.167. The molecule has 0 fully saturated rings. The van der Waals surface area contributed by atoms with Crippen LogP contribution in [0.15, 0.2) is 40.6 Å². The average Bonchev–Trinajstić information content (AvgIpc) is 2.28. The van der Waals surface area contributed by atoms with E-state index in [9.17, 15) is 4.79 Å². The minimum absolute atomic E-state index is 0.0648. The van der Waals surface area contributed by atoms with Crippen LogP contribution in [0.5, 0.6) is 0 Å². The molecule has 1 atom stereocenters. The molecular weight excluding hydrogens is 188 g/mol. The highest BCUT2D eigenvalue weighted by Crippen LogP contribution is 2.20. The molecule has 0 amide bonds. The van der Waals surface area contributed by atoms with Crippen LogP contribution in [0.25, 0.3) is 0 Å². The van der Waals surface area contributed by atoms with Crippen molar-refractivity contribution >= 4 is 11.5 Å². The van der Waals surface area contributed by atoms with Crippen molar-refractivity contribution in [2.75, 3.05) is 6.54 Å². The molecule has 0 radical (unpaired) electrons. The Bertz CT molecular complexity index is 472. The maximum absolute atomic E-state index is 11.7. The molecule has 0 spiro atoms.